The first-order chi connectivity index (χ1) is 8.58. The number of hydrogen-bond acceptors (Lipinski definition) is 4. The van der Waals surface area contributed by atoms with E-state index in [1.165, 1.54) is 12.3 Å². The molecule has 0 saturated carbocycles. The van der Waals surface area contributed by atoms with Gasteiger partial charge in [0.25, 0.3) is 5.91 Å². The highest BCUT2D eigenvalue weighted by Crippen LogP contribution is 2.18. The normalized spacial score (nSPS) is 20.0. The number of likely N-dealkylation sites (tertiary alicyclic amines) is 1. The summed E-state index contributed by atoms with van der Waals surface area (Å²) in [6, 6.07) is 1.65. The molecule has 2 N–H and O–H groups in total. The molecule has 0 bridgehead atoms. The number of nitrogens with zero attached hydrogens (tertiary/aromatic N) is 2. The standard InChI is InChI=1S/C12H16FN3O2/c1-16-4-2-3-8(16)7-18-9-5-10(12(14)17)11(13)15-6-9/h5-6,8H,2-4,7H2,1H3,(H2,14,17)/t8-/m1/s1. The number of carbonyl (C=O) groups is 1. The first-order valence-corrected chi connectivity index (χ1v) is 5.86. The van der Waals surface area contributed by atoms with E-state index in [9.17, 15) is 9.18 Å². The maximum atomic E-state index is 13.1. The van der Waals surface area contributed by atoms with Gasteiger partial charge in [-0.3, -0.25) is 4.79 Å². The van der Waals surface area contributed by atoms with E-state index < -0.39 is 11.9 Å². The van der Waals surface area contributed by atoms with Gasteiger partial charge in [-0.2, -0.15) is 4.39 Å². The van der Waals surface area contributed by atoms with Crippen LogP contribution in [0.4, 0.5) is 4.39 Å². The third kappa shape index (κ3) is 2.76. The minimum atomic E-state index is -0.868. The van der Waals surface area contributed by atoms with Gasteiger partial charge in [0.15, 0.2) is 0 Å². The minimum absolute atomic E-state index is 0.243. The van der Waals surface area contributed by atoms with Crippen LogP contribution in [0.5, 0.6) is 5.75 Å². The average molecular weight is 253 g/mol. The van der Waals surface area contributed by atoms with Crippen LogP contribution >= 0.6 is 0 Å². The van der Waals surface area contributed by atoms with Crippen molar-refractivity contribution < 1.29 is 13.9 Å². The summed E-state index contributed by atoms with van der Waals surface area (Å²) >= 11 is 0. The van der Waals surface area contributed by atoms with Gasteiger partial charge < -0.3 is 15.4 Å². The van der Waals surface area contributed by atoms with Gasteiger partial charge in [-0.05, 0) is 32.5 Å². The molecule has 0 radical (unpaired) electrons. The summed E-state index contributed by atoms with van der Waals surface area (Å²) in [5.74, 6) is -1.35. The lowest BCUT2D eigenvalue weighted by Gasteiger charge is -2.19. The Morgan fingerprint density at radius 3 is 3.11 bits per heavy atom. The SMILES string of the molecule is CN1CCC[C@@H]1COc1cnc(F)c(C(N)=O)c1. The Bertz CT molecular complexity index is 453. The van der Waals surface area contributed by atoms with Crippen LogP contribution < -0.4 is 10.5 Å². The molecule has 2 heterocycles. The van der Waals surface area contributed by atoms with Crippen molar-refractivity contribution in [2.75, 3.05) is 20.2 Å². The molecule has 1 aromatic rings. The molecule has 1 aliphatic rings. The molecule has 1 saturated heterocycles. The fourth-order valence-corrected chi connectivity index (χ4v) is 2.06. The fraction of sp³-hybridized carbons (Fsp3) is 0.500. The predicted molar refractivity (Wildman–Crippen MR) is 63.9 cm³/mol. The lowest BCUT2D eigenvalue weighted by molar-refractivity contribution is 0.0994. The summed E-state index contributed by atoms with van der Waals surface area (Å²) in [5.41, 5.74) is 4.80. The summed E-state index contributed by atoms with van der Waals surface area (Å²) in [4.78, 5) is 16.6. The number of carbonyl (C=O) groups excluding carboxylic acids is 1. The van der Waals surface area contributed by atoms with Crippen molar-refractivity contribution in [2.24, 2.45) is 5.73 Å². The number of rotatable bonds is 4. The van der Waals surface area contributed by atoms with Crippen LogP contribution in [-0.4, -0.2) is 42.0 Å². The zero-order chi connectivity index (χ0) is 13.1. The van der Waals surface area contributed by atoms with Gasteiger partial charge in [0, 0.05) is 6.04 Å². The highest BCUT2D eigenvalue weighted by Gasteiger charge is 2.21. The average Bonchev–Trinajstić information content (AvgIpc) is 2.73. The van der Waals surface area contributed by atoms with Crippen LogP contribution in [-0.2, 0) is 0 Å². The molecule has 1 atom stereocenters. The van der Waals surface area contributed by atoms with Crippen LogP contribution in [0.25, 0.3) is 0 Å². The number of amides is 1. The van der Waals surface area contributed by atoms with E-state index in [1.54, 1.807) is 0 Å². The molecule has 5 nitrogen and oxygen atoms in total. The van der Waals surface area contributed by atoms with E-state index >= 15 is 0 Å². The maximum Gasteiger partial charge on any atom is 0.253 e. The molecule has 18 heavy (non-hydrogen) atoms. The monoisotopic (exact) mass is 253 g/mol. The summed E-state index contributed by atoms with van der Waals surface area (Å²) in [5, 5.41) is 0. The zero-order valence-electron chi connectivity index (χ0n) is 10.2. The van der Waals surface area contributed by atoms with Crippen molar-refractivity contribution in [3.63, 3.8) is 0 Å². The molecule has 1 fully saturated rings. The third-order valence-corrected chi connectivity index (χ3v) is 3.19. The van der Waals surface area contributed by atoms with E-state index in [-0.39, 0.29) is 5.56 Å². The number of hydrogen-bond donors (Lipinski definition) is 1. The molecule has 0 spiro atoms. The molecule has 0 aliphatic carbocycles. The quantitative estimate of drug-likeness (QED) is 0.806. The number of nitrogens with two attached hydrogens (primary N) is 1. The number of aromatic nitrogens is 1. The Labute approximate surface area is 105 Å². The molecule has 1 amide bonds. The molecular formula is C12H16FN3O2. The number of pyridine rings is 1. The van der Waals surface area contributed by atoms with Gasteiger partial charge in [-0.15, -0.1) is 0 Å². The highest BCUT2D eigenvalue weighted by atomic mass is 19.1. The van der Waals surface area contributed by atoms with Gasteiger partial charge in [-0.1, -0.05) is 0 Å². The lowest BCUT2D eigenvalue weighted by atomic mass is 10.2. The van der Waals surface area contributed by atoms with Crippen molar-refractivity contribution in [1.82, 2.24) is 9.88 Å². The van der Waals surface area contributed by atoms with E-state index in [0.717, 1.165) is 19.4 Å². The summed E-state index contributed by atoms with van der Waals surface area (Å²) in [7, 11) is 2.04. The predicted octanol–water partition coefficient (Wildman–Crippen LogP) is 0.793. The Hall–Kier alpha value is -1.69. The van der Waals surface area contributed by atoms with Gasteiger partial charge in [0.1, 0.15) is 12.4 Å². The van der Waals surface area contributed by atoms with Gasteiger partial charge in [-0.25, -0.2) is 4.98 Å². The molecule has 1 aliphatic heterocycles. The van der Waals surface area contributed by atoms with E-state index in [1.807, 2.05) is 7.05 Å². The van der Waals surface area contributed by atoms with Crippen LogP contribution in [0.2, 0.25) is 0 Å². The van der Waals surface area contributed by atoms with Crippen LogP contribution in [0.3, 0.4) is 0 Å². The topological polar surface area (TPSA) is 68.4 Å². The molecule has 1 aromatic heterocycles. The van der Waals surface area contributed by atoms with E-state index in [2.05, 4.69) is 9.88 Å². The van der Waals surface area contributed by atoms with Crippen molar-refractivity contribution >= 4 is 5.91 Å². The van der Waals surface area contributed by atoms with Gasteiger partial charge in [0.05, 0.1) is 11.8 Å². The molecule has 98 valence electrons. The second kappa shape index (κ2) is 5.30. The number of halogens is 1. The molecule has 0 aromatic carbocycles. The minimum Gasteiger partial charge on any atom is -0.490 e. The Kier molecular flexibility index (Phi) is 3.76. The second-order valence-corrected chi connectivity index (χ2v) is 4.46. The maximum absolute atomic E-state index is 13.1. The van der Waals surface area contributed by atoms with Crippen LogP contribution in [0.15, 0.2) is 12.3 Å². The van der Waals surface area contributed by atoms with Gasteiger partial charge in [0.2, 0.25) is 5.95 Å². The molecule has 0 unspecified atom stereocenters. The van der Waals surface area contributed by atoms with Crippen molar-refractivity contribution in [3.05, 3.63) is 23.8 Å². The van der Waals surface area contributed by atoms with Crippen molar-refractivity contribution in [3.8, 4) is 5.75 Å². The first-order valence-electron chi connectivity index (χ1n) is 5.86. The third-order valence-electron chi connectivity index (χ3n) is 3.19. The second-order valence-electron chi connectivity index (χ2n) is 4.46. The van der Waals surface area contributed by atoms with E-state index in [4.69, 9.17) is 10.5 Å². The number of primary amides is 1. The lowest BCUT2D eigenvalue weighted by Crippen LogP contribution is -2.30. The molecule has 2 rings (SSSR count). The van der Waals surface area contributed by atoms with Crippen LogP contribution in [0, 0.1) is 5.95 Å². The summed E-state index contributed by atoms with van der Waals surface area (Å²) in [6.07, 6.45) is 3.49. The largest absolute Gasteiger partial charge is 0.490 e. The van der Waals surface area contributed by atoms with Crippen molar-refractivity contribution in [2.45, 2.75) is 18.9 Å². The van der Waals surface area contributed by atoms with Gasteiger partial charge >= 0.3 is 0 Å². The number of likely N-dealkylation sites (N-methyl/N-ethyl adjacent to an activating group) is 1. The van der Waals surface area contributed by atoms with Crippen LogP contribution in [0.1, 0.15) is 23.2 Å². The highest BCUT2D eigenvalue weighted by molar-refractivity contribution is 5.93. The Morgan fingerprint density at radius 1 is 1.72 bits per heavy atom. The smallest absolute Gasteiger partial charge is 0.253 e. The Balaban J connectivity index is 2.01. The Morgan fingerprint density at radius 2 is 2.50 bits per heavy atom. The zero-order valence-corrected chi connectivity index (χ0v) is 10.2. The van der Waals surface area contributed by atoms with E-state index in [0.29, 0.717) is 18.4 Å². The summed E-state index contributed by atoms with van der Waals surface area (Å²) in [6.45, 7) is 1.56. The summed E-state index contributed by atoms with van der Waals surface area (Å²) < 4.78 is 18.7. The fourth-order valence-electron chi connectivity index (χ4n) is 2.06. The first kappa shape index (κ1) is 12.8. The van der Waals surface area contributed by atoms with Crippen molar-refractivity contribution in [1.29, 1.82) is 0 Å². The molecule has 6 heteroatoms. The number of ether oxygens (including phenoxy) is 1. The molecular weight excluding hydrogens is 237 g/mol.